The number of aryl methyl sites for hydroxylation is 1. The van der Waals surface area contributed by atoms with Gasteiger partial charge in [-0.15, -0.1) is 0 Å². The fourth-order valence-electron chi connectivity index (χ4n) is 2.66. The maximum absolute atomic E-state index is 5.57. The van der Waals surface area contributed by atoms with E-state index in [1.807, 2.05) is 6.92 Å². The van der Waals surface area contributed by atoms with Crippen LogP contribution in [-0.2, 0) is 9.47 Å². The van der Waals surface area contributed by atoms with E-state index < -0.39 is 0 Å². The largest absolute Gasteiger partial charge is 0.383 e. The number of ether oxygens (including phenoxy) is 2. The van der Waals surface area contributed by atoms with Gasteiger partial charge in [0.1, 0.15) is 0 Å². The van der Waals surface area contributed by atoms with E-state index in [-0.39, 0.29) is 0 Å². The summed E-state index contributed by atoms with van der Waals surface area (Å²) >= 11 is 0. The molecule has 0 aliphatic heterocycles. The van der Waals surface area contributed by atoms with Crippen molar-refractivity contribution >= 4 is 5.95 Å². The van der Waals surface area contributed by atoms with Crippen LogP contribution in [-0.4, -0.2) is 43.0 Å². The zero-order valence-corrected chi connectivity index (χ0v) is 11.5. The number of hydrogen-bond donors (Lipinski definition) is 1. The molecule has 18 heavy (non-hydrogen) atoms. The lowest BCUT2D eigenvalue weighted by Gasteiger charge is -2.21. The monoisotopic (exact) mass is 253 g/mol. The number of nitrogens with one attached hydrogen (secondary N) is 1. The van der Waals surface area contributed by atoms with Crippen LogP contribution in [0.1, 0.15) is 31.0 Å². The third-order valence-electron chi connectivity index (χ3n) is 3.52. The Bertz CT molecular complexity index is 378. The minimum absolute atomic E-state index is 0.307. The Balaban J connectivity index is 2.10. The fourth-order valence-corrected chi connectivity index (χ4v) is 2.66. The number of nitrogens with zero attached hydrogens (tertiary/aromatic N) is 2. The molecule has 1 aliphatic rings. The normalized spacial score (nSPS) is 23.5. The van der Waals surface area contributed by atoms with Crippen LogP contribution in [0.4, 0.5) is 5.95 Å². The highest BCUT2D eigenvalue weighted by molar-refractivity contribution is 5.30. The molecule has 1 heterocycles. The molecule has 1 N–H and O–H groups in total. The van der Waals surface area contributed by atoms with E-state index in [1.165, 1.54) is 6.42 Å². The van der Waals surface area contributed by atoms with E-state index in [0.717, 1.165) is 31.0 Å². The van der Waals surface area contributed by atoms with E-state index in [1.54, 1.807) is 14.2 Å². The summed E-state index contributed by atoms with van der Waals surface area (Å²) in [5.41, 5.74) is 1.04. The van der Waals surface area contributed by atoms with Crippen molar-refractivity contribution in [2.45, 2.75) is 38.3 Å². The molecular weight excluding hydrogens is 230 g/mol. The topological polar surface area (TPSA) is 48.3 Å². The van der Waals surface area contributed by atoms with E-state index in [0.29, 0.717) is 18.8 Å². The molecular formula is C13H23N3O2. The summed E-state index contributed by atoms with van der Waals surface area (Å²) in [7, 11) is 3.50. The van der Waals surface area contributed by atoms with Gasteiger partial charge in [-0.05, 0) is 26.2 Å². The van der Waals surface area contributed by atoms with Crippen molar-refractivity contribution in [3.8, 4) is 0 Å². The highest BCUT2D eigenvalue weighted by Gasteiger charge is 2.30. The molecule has 5 nitrogen and oxygen atoms in total. The van der Waals surface area contributed by atoms with Gasteiger partial charge >= 0.3 is 0 Å². The zero-order chi connectivity index (χ0) is 13.0. The third kappa shape index (κ3) is 2.84. The SMILES string of the molecule is COCCNc1nc(C)cn1C1CCCC1OC. The van der Waals surface area contributed by atoms with Crippen LogP contribution in [0.2, 0.25) is 0 Å². The molecule has 0 spiro atoms. The minimum Gasteiger partial charge on any atom is -0.383 e. The standard InChI is InChI=1S/C13H23N3O2/c1-10-9-16(11-5-4-6-12(11)18-3)13(15-10)14-7-8-17-2/h9,11-12H,4-8H2,1-3H3,(H,14,15). The van der Waals surface area contributed by atoms with E-state index in [9.17, 15) is 0 Å². The van der Waals surface area contributed by atoms with Crippen LogP contribution in [0.3, 0.4) is 0 Å². The number of aromatic nitrogens is 2. The van der Waals surface area contributed by atoms with Crippen LogP contribution in [0.25, 0.3) is 0 Å². The molecule has 2 unspecified atom stereocenters. The van der Waals surface area contributed by atoms with Gasteiger partial charge in [-0.25, -0.2) is 4.98 Å². The van der Waals surface area contributed by atoms with Gasteiger partial charge in [0.25, 0.3) is 0 Å². The third-order valence-corrected chi connectivity index (χ3v) is 3.52. The summed E-state index contributed by atoms with van der Waals surface area (Å²) in [5, 5.41) is 3.33. The van der Waals surface area contributed by atoms with Crippen molar-refractivity contribution in [3.63, 3.8) is 0 Å². The van der Waals surface area contributed by atoms with Gasteiger partial charge in [0.15, 0.2) is 0 Å². The molecule has 0 radical (unpaired) electrons. The van der Waals surface area contributed by atoms with E-state index in [4.69, 9.17) is 9.47 Å². The van der Waals surface area contributed by atoms with Gasteiger partial charge < -0.3 is 19.4 Å². The van der Waals surface area contributed by atoms with Crippen LogP contribution in [0.5, 0.6) is 0 Å². The molecule has 2 atom stereocenters. The minimum atomic E-state index is 0.307. The Morgan fingerprint density at radius 3 is 3.00 bits per heavy atom. The van der Waals surface area contributed by atoms with Gasteiger partial charge in [-0.1, -0.05) is 0 Å². The predicted octanol–water partition coefficient (Wildman–Crippen LogP) is 1.99. The van der Waals surface area contributed by atoms with E-state index >= 15 is 0 Å². The summed E-state index contributed by atoms with van der Waals surface area (Å²) in [6.45, 7) is 3.48. The first-order valence-electron chi connectivity index (χ1n) is 6.57. The first-order chi connectivity index (χ1) is 8.76. The fraction of sp³-hybridized carbons (Fsp3) is 0.769. The summed E-state index contributed by atoms with van der Waals surface area (Å²) in [6, 6.07) is 0.404. The molecule has 0 aromatic carbocycles. The van der Waals surface area contributed by atoms with Gasteiger partial charge in [0.2, 0.25) is 5.95 Å². The Hall–Kier alpha value is -1.07. The second kappa shape index (κ2) is 6.20. The number of hydrogen-bond acceptors (Lipinski definition) is 4. The molecule has 0 saturated heterocycles. The molecule has 5 heteroatoms. The molecule has 1 aromatic rings. The van der Waals surface area contributed by atoms with Gasteiger partial charge in [0.05, 0.1) is 24.4 Å². The molecule has 1 aromatic heterocycles. The van der Waals surface area contributed by atoms with Crippen molar-refractivity contribution in [1.82, 2.24) is 9.55 Å². The molecule has 2 rings (SSSR count). The predicted molar refractivity (Wildman–Crippen MR) is 71.0 cm³/mol. The second-order valence-corrected chi connectivity index (χ2v) is 4.81. The van der Waals surface area contributed by atoms with Gasteiger partial charge in [-0.3, -0.25) is 0 Å². The average molecular weight is 253 g/mol. The van der Waals surface area contributed by atoms with Crippen LogP contribution < -0.4 is 5.32 Å². The zero-order valence-electron chi connectivity index (χ0n) is 11.5. The number of methoxy groups -OCH3 is 2. The van der Waals surface area contributed by atoms with Gasteiger partial charge in [-0.2, -0.15) is 0 Å². The summed E-state index contributed by atoms with van der Waals surface area (Å²) < 4.78 is 12.8. The van der Waals surface area contributed by atoms with Crippen LogP contribution in [0, 0.1) is 6.92 Å². The maximum Gasteiger partial charge on any atom is 0.203 e. The summed E-state index contributed by atoms with van der Waals surface area (Å²) in [4.78, 5) is 4.54. The van der Waals surface area contributed by atoms with Crippen molar-refractivity contribution in [2.24, 2.45) is 0 Å². The molecule has 102 valence electrons. The van der Waals surface area contributed by atoms with Crippen molar-refractivity contribution in [3.05, 3.63) is 11.9 Å². The quantitative estimate of drug-likeness (QED) is 0.788. The van der Waals surface area contributed by atoms with E-state index in [2.05, 4.69) is 21.1 Å². The Kier molecular flexibility index (Phi) is 4.60. The first kappa shape index (κ1) is 13.4. The van der Waals surface area contributed by atoms with Crippen molar-refractivity contribution in [2.75, 3.05) is 32.7 Å². The van der Waals surface area contributed by atoms with Gasteiger partial charge in [0, 0.05) is 27.0 Å². The van der Waals surface area contributed by atoms with Crippen molar-refractivity contribution in [1.29, 1.82) is 0 Å². The Labute approximate surface area is 108 Å². The highest BCUT2D eigenvalue weighted by Crippen LogP contribution is 2.34. The highest BCUT2D eigenvalue weighted by atomic mass is 16.5. The second-order valence-electron chi connectivity index (χ2n) is 4.81. The summed E-state index contributed by atoms with van der Waals surface area (Å²) in [5.74, 6) is 0.929. The number of imidazole rings is 1. The molecule has 0 bridgehead atoms. The summed E-state index contributed by atoms with van der Waals surface area (Å²) in [6.07, 6.45) is 5.93. The van der Waals surface area contributed by atoms with Crippen LogP contribution >= 0.6 is 0 Å². The Morgan fingerprint density at radius 2 is 2.28 bits per heavy atom. The molecule has 1 saturated carbocycles. The van der Waals surface area contributed by atoms with Crippen LogP contribution in [0.15, 0.2) is 6.20 Å². The van der Waals surface area contributed by atoms with Crippen molar-refractivity contribution < 1.29 is 9.47 Å². The molecule has 1 aliphatic carbocycles. The first-order valence-corrected chi connectivity index (χ1v) is 6.57. The number of rotatable bonds is 6. The lowest BCUT2D eigenvalue weighted by Crippen LogP contribution is -2.22. The number of anilines is 1. The smallest absolute Gasteiger partial charge is 0.203 e. The lowest BCUT2D eigenvalue weighted by atomic mass is 10.2. The molecule has 1 fully saturated rings. The Morgan fingerprint density at radius 1 is 1.44 bits per heavy atom. The molecule has 0 amide bonds. The average Bonchev–Trinajstić information content (AvgIpc) is 2.95. The maximum atomic E-state index is 5.57. The lowest BCUT2D eigenvalue weighted by molar-refractivity contribution is 0.0755.